The molecule has 4 nitrogen and oxygen atoms in total. The molecule has 21 heavy (non-hydrogen) atoms. The molecule has 0 aromatic heterocycles. The van der Waals surface area contributed by atoms with Crippen LogP contribution in [0.5, 0.6) is 5.75 Å². The zero-order chi connectivity index (χ0) is 15.2. The zero-order valence-corrected chi connectivity index (χ0v) is 12.4. The Morgan fingerprint density at radius 1 is 1.19 bits per heavy atom. The van der Waals surface area contributed by atoms with Crippen LogP contribution in [0.3, 0.4) is 0 Å². The number of nitrogens with one attached hydrogen (secondary N) is 1. The first-order valence-corrected chi connectivity index (χ1v) is 6.96. The van der Waals surface area contributed by atoms with E-state index < -0.39 is 0 Å². The van der Waals surface area contributed by atoms with E-state index in [0.29, 0.717) is 16.5 Å². The summed E-state index contributed by atoms with van der Waals surface area (Å²) in [6.07, 6.45) is 0. The highest BCUT2D eigenvalue weighted by atomic mass is 35.5. The van der Waals surface area contributed by atoms with Crippen LogP contribution < -0.4 is 15.8 Å². The van der Waals surface area contributed by atoms with Gasteiger partial charge in [0.2, 0.25) is 0 Å². The van der Waals surface area contributed by atoms with Crippen molar-refractivity contribution in [3.05, 3.63) is 59.1 Å². The Bertz CT molecular complexity index is 595. The van der Waals surface area contributed by atoms with Crippen molar-refractivity contribution in [1.82, 2.24) is 0 Å². The highest BCUT2D eigenvalue weighted by Gasteiger charge is 2.04. The molecule has 1 atom stereocenters. The van der Waals surface area contributed by atoms with Gasteiger partial charge in [0.05, 0.1) is 0 Å². The van der Waals surface area contributed by atoms with Crippen LogP contribution in [0.1, 0.15) is 18.5 Å². The smallest absolute Gasteiger partial charge is 0.262 e. The van der Waals surface area contributed by atoms with Crippen LogP contribution in [0.25, 0.3) is 0 Å². The molecule has 0 aliphatic rings. The van der Waals surface area contributed by atoms with Crippen LogP contribution in [0.15, 0.2) is 48.5 Å². The molecule has 0 aliphatic heterocycles. The lowest BCUT2D eigenvalue weighted by Gasteiger charge is -2.09. The van der Waals surface area contributed by atoms with E-state index >= 15 is 0 Å². The Hall–Kier alpha value is -2.04. The van der Waals surface area contributed by atoms with Crippen molar-refractivity contribution in [2.45, 2.75) is 13.0 Å². The standard InChI is InChI=1S/C16H17ClN2O2/c1-11(18)12-2-8-15(9-3-12)21-10-16(20)19-14-6-4-13(17)5-7-14/h2-9,11H,10,18H2,1H3,(H,19,20). The predicted octanol–water partition coefficient (Wildman–Crippen LogP) is 3.38. The maximum atomic E-state index is 11.8. The van der Waals surface area contributed by atoms with Gasteiger partial charge in [0, 0.05) is 16.8 Å². The lowest BCUT2D eigenvalue weighted by atomic mass is 10.1. The van der Waals surface area contributed by atoms with E-state index in [2.05, 4.69) is 5.32 Å². The fourth-order valence-electron chi connectivity index (χ4n) is 1.75. The summed E-state index contributed by atoms with van der Waals surface area (Å²) in [6, 6.07) is 14.2. The molecule has 1 amide bonds. The lowest BCUT2D eigenvalue weighted by molar-refractivity contribution is -0.118. The van der Waals surface area contributed by atoms with Crippen molar-refractivity contribution in [3.8, 4) is 5.75 Å². The number of carbonyl (C=O) groups excluding carboxylic acids is 1. The highest BCUT2D eigenvalue weighted by molar-refractivity contribution is 6.30. The van der Waals surface area contributed by atoms with Gasteiger partial charge in [0.25, 0.3) is 5.91 Å². The number of nitrogens with two attached hydrogens (primary N) is 1. The molecule has 1 unspecified atom stereocenters. The maximum Gasteiger partial charge on any atom is 0.262 e. The van der Waals surface area contributed by atoms with Gasteiger partial charge in [0.1, 0.15) is 5.75 Å². The highest BCUT2D eigenvalue weighted by Crippen LogP contribution is 2.16. The molecule has 2 aromatic rings. The van der Waals surface area contributed by atoms with Gasteiger partial charge in [-0.3, -0.25) is 4.79 Å². The molecule has 0 saturated heterocycles. The van der Waals surface area contributed by atoms with Crippen LogP contribution in [-0.4, -0.2) is 12.5 Å². The topological polar surface area (TPSA) is 64.3 Å². The summed E-state index contributed by atoms with van der Waals surface area (Å²) in [5.41, 5.74) is 7.47. The molecule has 0 bridgehead atoms. The summed E-state index contributed by atoms with van der Waals surface area (Å²) in [7, 11) is 0. The van der Waals surface area contributed by atoms with E-state index in [-0.39, 0.29) is 18.6 Å². The minimum absolute atomic E-state index is 0.0211. The van der Waals surface area contributed by atoms with Crippen LogP contribution in [0.2, 0.25) is 5.02 Å². The molecule has 0 aliphatic carbocycles. The van der Waals surface area contributed by atoms with Crippen molar-refractivity contribution in [3.63, 3.8) is 0 Å². The third-order valence-electron chi connectivity index (χ3n) is 2.90. The van der Waals surface area contributed by atoms with Crippen LogP contribution >= 0.6 is 11.6 Å². The predicted molar refractivity (Wildman–Crippen MR) is 84.6 cm³/mol. The summed E-state index contributed by atoms with van der Waals surface area (Å²) in [5.74, 6) is 0.402. The van der Waals surface area contributed by atoms with Gasteiger partial charge in [-0.2, -0.15) is 0 Å². The SMILES string of the molecule is CC(N)c1ccc(OCC(=O)Nc2ccc(Cl)cc2)cc1. The first-order valence-electron chi connectivity index (χ1n) is 6.58. The van der Waals surface area contributed by atoms with Crippen molar-refractivity contribution < 1.29 is 9.53 Å². The van der Waals surface area contributed by atoms with Crippen LogP contribution in [-0.2, 0) is 4.79 Å². The number of rotatable bonds is 5. The fourth-order valence-corrected chi connectivity index (χ4v) is 1.87. The minimum atomic E-state index is -0.228. The Labute approximate surface area is 128 Å². The Balaban J connectivity index is 1.84. The molecule has 2 rings (SSSR count). The zero-order valence-electron chi connectivity index (χ0n) is 11.7. The molecule has 0 fully saturated rings. The molecule has 5 heteroatoms. The van der Waals surface area contributed by atoms with Crippen molar-refractivity contribution in [2.24, 2.45) is 5.73 Å². The van der Waals surface area contributed by atoms with Gasteiger partial charge in [-0.1, -0.05) is 23.7 Å². The third-order valence-corrected chi connectivity index (χ3v) is 3.16. The van der Waals surface area contributed by atoms with Crippen molar-refractivity contribution >= 4 is 23.2 Å². The van der Waals surface area contributed by atoms with E-state index in [1.165, 1.54) is 0 Å². The van der Waals surface area contributed by atoms with Gasteiger partial charge in [-0.25, -0.2) is 0 Å². The number of benzene rings is 2. The molecule has 2 aromatic carbocycles. The fraction of sp³-hybridized carbons (Fsp3) is 0.188. The van der Waals surface area contributed by atoms with E-state index in [1.54, 1.807) is 36.4 Å². The van der Waals surface area contributed by atoms with Gasteiger partial charge in [-0.05, 0) is 48.9 Å². The lowest BCUT2D eigenvalue weighted by Crippen LogP contribution is -2.20. The second-order valence-electron chi connectivity index (χ2n) is 4.70. The molecular weight excluding hydrogens is 288 g/mol. The van der Waals surface area contributed by atoms with Gasteiger partial charge in [0.15, 0.2) is 6.61 Å². The van der Waals surface area contributed by atoms with Gasteiger partial charge in [-0.15, -0.1) is 0 Å². The molecule has 110 valence electrons. The van der Waals surface area contributed by atoms with E-state index in [0.717, 1.165) is 5.56 Å². The number of halogens is 1. The molecule has 0 radical (unpaired) electrons. The minimum Gasteiger partial charge on any atom is -0.484 e. The van der Waals surface area contributed by atoms with Crippen LogP contribution in [0.4, 0.5) is 5.69 Å². The Morgan fingerprint density at radius 3 is 2.38 bits per heavy atom. The first-order chi connectivity index (χ1) is 10.0. The third kappa shape index (κ3) is 4.77. The quantitative estimate of drug-likeness (QED) is 0.890. The molecule has 3 N–H and O–H groups in total. The van der Waals surface area contributed by atoms with E-state index in [4.69, 9.17) is 22.1 Å². The molecular formula is C16H17ClN2O2. The molecule has 0 heterocycles. The summed E-state index contributed by atoms with van der Waals surface area (Å²) >= 11 is 5.78. The number of amides is 1. The largest absolute Gasteiger partial charge is 0.484 e. The van der Waals surface area contributed by atoms with E-state index in [9.17, 15) is 4.79 Å². The Kier molecular flexibility index (Phi) is 5.20. The summed E-state index contributed by atoms with van der Waals surface area (Å²) in [5, 5.41) is 3.35. The monoisotopic (exact) mass is 304 g/mol. The molecule has 0 spiro atoms. The average Bonchev–Trinajstić information content (AvgIpc) is 2.48. The number of anilines is 1. The van der Waals surface area contributed by atoms with E-state index in [1.807, 2.05) is 19.1 Å². The number of ether oxygens (including phenoxy) is 1. The van der Waals surface area contributed by atoms with Gasteiger partial charge >= 0.3 is 0 Å². The number of carbonyl (C=O) groups is 1. The number of hydrogen-bond donors (Lipinski definition) is 2. The Morgan fingerprint density at radius 2 is 1.81 bits per heavy atom. The summed E-state index contributed by atoms with van der Waals surface area (Å²) < 4.78 is 5.42. The van der Waals surface area contributed by atoms with Gasteiger partial charge < -0.3 is 15.8 Å². The van der Waals surface area contributed by atoms with Crippen LogP contribution in [0, 0.1) is 0 Å². The first kappa shape index (κ1) is 15.4. The summed E-state index contributed by atoms with van der Waals surface area (Å²) in [6.45, 7) is 1.86. The summed E-state index contributed by atoms with van der Waals surface area (Å²) in [4.78, 5) is 11.8. The second-order valence-corrected chi connectivity index (χ2v) is 5.14. The average molecular weight is 305 g/mol. The van der Waals surface area contributed by atoms with Crippen molar-refractivity contribution in [2.75, 3.05) is 11.9 Å². The van der Waals surface area contributed by atoms with Crippen molar-refractivity contribution in [1.29, 1.82) is 0 Å². The normalized spacial score (nSPS) is 11.8. The maximum absolute atomic E-state index is 11.8. The second kappa shape index (κ2) is 7.11. The number of hydrogen-bond acceptors (Lipinski definition) is 3. The molecule has 0 saturated carbocycles.